The van der Waals surface area contributed by atoms with Crippen LogP contribution in [-0.4, -0.2) is 21.6 Å². The summed E-state index contributed by atoms with van der Waals surface area (Å²) in [4.78, 5) is 0. The van der Waals surface area contributed by atoms with Crippen LogP contribution in [0.2, 0.25) is 0 Å². The molecule has 1 aliphatic heterocycles. The molecule has 4 aliphatic rings. The number of benzene rings is 3. The number of nitrogens with zero attached hydrogens (tertiary/aromatic N) is 3. The first-order valence-corrected chi connectivity index (χ1v) is 27.2. The number of hydrogen-bond donors (Lipinski definition) is 0. The summed E-state index contributed by atoms with van der Waals surface area (Å²) in [5.74, 6) is 0. The average molecular weight is 850 g/mol. The van der Waals surface area contributed by atoms with Crippen molar-refractivity contribution in [1.29, 1.82) is 0 Å². The molecule has 7 heteroatoms. The molecule has 3 nitrogen and oxygen atoms in total. The van der Waals surface area contributed by atoms with Gasteiger partial charge in [-0.1, -0.05) is 54.7 Å². The molecule has 0 bridgehead atoms. The van der Waals surface area contributed by atoms with Gasteiger partial charge in [-0.15, -0.1) is 0 Å². The zero-order chi connectivity index (χ0) is 37.0. The molecule has 286 valence electrons. The fourth-order valence-electron chi connectivity index (χ4n) is 9.51. The summed E-state index contributed by atoms with van der Waals surface area (Å²) in [6, 6.07) is 18.7. The Morgan fingerprint density at radius 1 is 0.558 bits per heavy atom. The molecule has 0 spiro atoms. The van der Waals surface area contributed by atoms with Crippen LogP contribution in [0.5, 0.6) is 0 Å². The second-order valence-corrected chi connectivity index (χ2v) is 25.0. The van der Waals surface area contributed by atoms with Gasteiger partial charge in [-0.25, -0.2) is 0 Å². The van der Waals surface area contributed by atoms with Crippen LogP contribution in [0.4, 0.5) is 11.4 Å². The van der Waals surface area contributed by atoms with E-state index in [4.69, 9.17) is 24.9 Å². The van der Waals surface area contributed by atoms with E-state index in [9.17, 15) is 0 Å². The first-order chi connectivity index (χ1) is 25.1. The topological polar surface area (TPSA) is 20.6 Å². The standard InChI is InChI=1S/C20H24N3.C18H33P.C7H6.2ClH.Ru/c1-13-9-15(3)19(16(4)10-13)22-7-8-23(21-22)20-17(5)11-14(2)12-18(20)6;1-4-10-16(11-5-1)19(17-12-6-2-7-13-17)18-14-8-3-9-15-18;1-7-5-3-2-4-6-7;;;/h7-12H,1-6H3;16-18H,1-15H2;1-6H;2*1H;/q-1;;;;;+2/p-1. The molecule has 0 amide bonds. The first-order valence-electron chi connectivity index (χ1n) is 20.0. The Bertz CT molecular complexity index is 1470. The van der Waals surface area contributed by atoms with Gasteiger partial charge < -0.3 is 15.6 Å². The van der Waals surface area contributed by atoms with E-state index >= 15 is 0 Å². The molecule has 0 radical (unpaired) electrons. The Morgan fingerprint density at radius 2 is 0.904 bits per heavy atom. The fourth-order valence-corrected chi connectivity index (χ4v) is 16.6. The zero-order valence-electron chi connectivity index (χ0n) is 32.7. The third-order valence-electron chi connectivity index (χ3n) is 11.5. The molecule has 0 aromatic heterocycles. The van der Waals surface area contributed by atoms with Gasteiger partial charge in [0, 0.05) is 31.7 Å². The van der Waals surface area contributed by atoms with Crippen molar-refractivity contribution in [3.05, 3.63) is 111 Å². The van der Waals surface area contributed by atoms with Crippen molar-refractivity contribution in [2.24, 2.45) is 0 Å². The quantitative estimate of drug-likeness (QED) is 0.182. The predicted molar refractivity (Wildman–Crippen MR) is 231 cm³/mol. The fraction of sp³-hybridized carbons (Fsp3) is 0.533. The first kappa shape index (κ1) is 41.6. The van der Waals surface area contributed by atoms with Crippen molar-refractivity contribution in [2.75, 3.05) is 10.0 Å². The third kappa shape index (κ3) is 12.0. The summed E-state index contributed by atoms with van der Waals surface area (Å²) in [6.07, 6.45) is 27.9. The van der Waals surface area contributed by atoms with Crippen LogP contribution in [-0.2, 0) is 13.5 Å². The Hall–Kier alpha value is -1.54. The van der Waals surface area contributed by atoms with Gasteiger partial charge in [-0.2, -0.15) is 0 Å². The van der Waals surface area contributed by atoms with Crippen LogP contribution >= 0.6 is 27.3 Å². The van der Waals surface area contributed by atoms with Crippen LogP contribution < -0.4 is 10.0 Å². The Morgan fingerprint density at radius 3 is 1.23 bits per heavy atom. The summed E-state index contributed by atoms with van der Waals surface area (Å²) in [6.45, 7) is 12.8. The number of halogens is 2. The van der Waals surface area contributed by atoms with Gasteiger partial charge in [0.15, 0.2) is 0 Å². The van der Waals surface area contributed by atoms with Crippen LogP contribution in [0.1, 0.15) is 135 Å². The molecule has 3 saturated carbocycles. The number of anilines is 2. The molecule has 0 unspecified atom stereocenters. The molecule has 7 rings (SSSR count). The number of aryl methyl sites for hydroxylation is 6. The number of hydrogen-bond acceptors (Lipinski definition) is 2. The molecule has 3 aliphatic carbocycles. The van der Waals surface area contributed by atoms with Crippen LogP contribution in [0, 0.1) is 41.5 Å². The van der Waals surface area contributed by atoms with Gasteiger partial charge in [0.2, 0.25) is 0 Å². The summed E-state index contributed by atoms with van der Waals surface area (Å²) >= 11 is -1.61. The summed E-state index contributed by atoms with van der Waals surface area (Å²) in [5.41, 5.74) is 19.5. The van der Waals surface area contributed by atoms with E-state index in [1.54, 1.807) is 96.3 Å². The summed E-state index contributed by atoms with van der Waals surface area (Å²) in [7, 11) is 11.3. The van der Waals surface area contributed by atoms with Crippen molar-refractivity contribution in [2.45, 2.75) is 155 Å². The van der Waals surface area contributed by atoms with Crippen molar-refractivity contribution in [3.8, 4) is 0 Å². The third-order valence-corrected chi connectivity index (χ3v) is 17.9. The van der Waals surface area contributed by atoms with Crippen molar-refractivity contribution >= 4 is 43.3 Å². The van der Waals surface area contributed by atoms with E-state index in [-0.39, 0.29) is 7.92 Å². The van der Waals surface area contributed by atoms with E-state index < -0.39 is 13.5 Å². The van der Waals surface area contributed by atoms with E-state index in [0.29, 0.717) is 0 Å². The van der Waals surface area contributed by atoms with Gasteiger partial charge in [0.05, 0.1) is 17.0 Å². The molecule has 0 saturated heterocycles. The van der Waals surface area contributed by atoms with E-state index in [0.717, 1.165) is 16.9 Å². The second kappa shape index (κ2) is 21.0. The maximum atomic E-state index is 5.67. The van der Waals surface area contributed by atoms with Gasteiger partial charge >= 0.3 is 73.4 Å². The van der Waals surface area contributed by atoms with Crippen LogP contribution in [0.15, 0.2) is 67.0 Å². The van der Waals surface area contributed by atoms with Gasteiger partial charge in [0.25, 0.3) is 0 Å². The molecule has 1 heterocycles. The number of rotatable bonds is 6. The second-order valence-electron chi connectivity index (χ2n) is 15.8. The van der Waals surface area contributed by atoms with E-state index in [1.165, 1.54) is 50.4 Å². The monoisotopic (exact) mass is 849 g/mol. The average Bonchev–Trinajstić information content (AvgIpc) is 3.58. The van der Waals surface area contributed by atoms with Crippen LogP contribution in [0.3, 0.4) is 0 Å². The molecule has 0 N–H and O–H groups in total. The summed E-state index contributed by atoms with van der Waals surface area (Å²) < 4.78 is 1.92. The van der Waals surface area contributed by atoms with Gasteiger partial charge in [-0.05, 0) is 141 Å². The van der Waals surface area contributed by atoms with Gasteiger partial charge in [0.1, 0.15) is 0 Å². The van der Waals surface area contributed by atoms with E-state index in [1.807, 2.05) is 57.4 Å². The molecule has 3 fully saturated rings. The van der Waals surface area contributed by atoms with Gasteiger partial charge in [-0.3, -0.25) is 0 Å². The molecule has 3 aromatic carbocycles. The van der Waals surface area contributed by atoms with Crippen molar-refractivity contribution in [1.82, 2.24) is 0 Å². The Balaban J connectivity index is 0.000000162. The molecular weight excluding hydrogens is 785 g/mol. The molecular formula is C45H64Cl2N3PRu. The SMILES string of the molecule is C1CCC([PH+](C2CCCCC2)C2CCCCC2)CC1.Cc1cc(C)c(N2C=CN(c3c(C)cc(C)cc3C)[N-]2)c(C)c1.[Cl][Ru]([Cl])=[CH]c1ccccc1. The van der Waals surface area contributed by atoms with Crippen LogP contribution in [0.25, 0.3) is 5.53 Å². The molecule has 3 aromatic rings. The predicted octanol–water partition coefficient (Wildman–Crippen LogP) is 14.5. The van der Waals surface area contributed by atoms with E-state index in [2.05, 4.69) is 65.8 Å². The summed E-state index contributed by atoms with van der Waals surface area (Å²) in [5, 5.41) is 3.95. The molecule has 52 heavy (non-hydrogen) atoms. The van der Waals surface area contributed by atoms with Crippen molar-refractivity contribution < 1.29 is 13.5 Å². The minimum atomic E-state index is -1.61. The Kier molecular flexibility index (Phi) is 16.8. The molecule has 0 atom stereocenters. The Labute approximate surface area is 331 Å². The van der Waals surface area contributed by atoms with Crippen molar-refractivity contribution in [3.63, 3.8) is 0 Å². The minimum absolute atomic E-state index is 0.0465. The normalized spacial score (nSPS) is 18.8. The maximum absolute atomic E-state index is 5.67. The zero-order valence-corrected chi connectivity index (χ0v) is 37.0.